The van der Waals surface area contributed by atoms with Gasteiger partial charge in [-0.1, -0.05) is 0 Å². The van der Waals surface area contributed by atoms with Gasteiger partial charge in [-0.3, -0.25) is 4.99 Å². The van der Waals surface area contributed by atoms with Crippen LogP contribution in [0.4, 0.5) is 5.69 Å². The number of rotatable bonds is 6. The first-order valence-corrected chi connectivity index (χ1v) is 6.30. The molecular weight excluding hydrogens is 270 g/mol. The molecule has 1 N–H and O–H groups in total. The molecule has 0 radical (unpaired) electrons. The summed E-state index contributed by atoms with van der Waals surface area (Å²) in [5.41, 5.74) is 1.72. The van der Waals surface area contributed by atoms with E-state index >= 15 is 0 Å². The predicted molar refractivity (Wildman–Crippen MR) is 79.8 cm³/mol. The number of hydrogen-bond acceptors (Lipinski definition) is 4. The molecule has 2 aromatic rings. The van der Waals surface area contributed by atoms with Gasteiger partial charge in [0.25, 0.3) is 0 Å². The summed E-state index contributed by atoms with van der Waals surface area (Å²) in [6.07, 6.45) is 1.74. The number of carboxylic acids is 1. The highest BCUT2D eigenvalue weighted by Gasteiger charge is 1.98. The normalized spacial score (nSPS) is 10.5. The van der Waals surface area contributed by atoms with Gasteiger partial charge in [0.05, 0.1) is 12.8 Å². The highest BCUT2D eigenvalue weighted by molar-refractivity contribution is 5.82. The number of nitrogens with zero attached hydrogens (tertiary/aromatic N) is 1. The molecule has 0 aliphatic heterocycles. The van der Waals surface area contributed by atoms with Crippen LogP contribution in [0.3, 0.4) is 0 Å². The molecule has 5 nitrogen and oxygen atoms in total. The Morgan fingerprint density at radius 1 is 1.10 bits per heavy atom. The molecule has 0 amide bonds. The first-order valence-electron chi connectivity index (χ1n) is 6.30. The Bertz CT molecular complexity index is 618. The van der Waals surface area contributed by atoms with Gasteiger partial charge in [-0.15, -0.1) is 0 Å². The Balaban J connectivity index is 1.98. The molecule has 0 saturated carbocycles. The van der Waals surface area contributed by atoms with Crippen LogP contribution in [-0.2, 0) is 4.79 Å². The van der Waals surface area contributed by atoms with E-state index < -0.39 is 5.97 Å². The number of carboxylic acid groups (broad SMARTS) is 1. The Morgan fingerprint density at radius 2 is 1.71 bits per heavy atom. The van der Waals surface area contributed by atoms with Gasteiger partial charge in [0.2, 0.25) is 0 Å². The molecule has 0 spiro atoms. The molecule has 108 valence electrons. The Kier molecular flexibility index (Phi) is 4.93. The number of carbonyl (C=O) groups is 1. The maximum Gasteiger partial charge on any atom is 0.341 e. The molecule has 0 atom stereocenters. The maximum absolute atomic E-state index is 10.4. The van der Waals surface area contributed by atoms with Gasteiger partial charge in [0, 0.05) is 6.21 Å². The molecule has 2 rings (SSSR count). The topological polar surface area (TPSA) is 68.1 Å². The summed E-state index contributed by atoms with van der Waals surface area (Å²) < 4.78 is 10.1. The van der Waals surface area contributed by atoms with Gasteiger partial charge in [-0.25, -0.2) is 4.79 Å². The number of aliphatic imine (C=N–C) groups is 1. The van der Waals surface area contributed by atoms with Crippen LogP contribution in [0.5, 0.6) is 11.5 Å². The second-order valence-electron chi connectivity index (χ2n) is 4.21. The molecule has 0 aromatic heterocycles. The number of ether oxygens (including phenoxy) is 2. The fourth-order valence-corrected chi connectivity index (χ4v) is 1.61. The molecule has 0 aliphatic rings. The van der Waals surface area contributed by atoms with Crippen molar-refractivity contribution in [3.05, 3.63) is 54.1 Å². The zero-order valence-corrected chi connectivity index (χ0v) is 11.5. The smallest absolute Gasteiger partial charge is 0.341 e. The first-order chi connectivity index (χ1) is 10.2. The average Bonchev–Trinajstić information content (AvgIpc) is 2.52. The van der Waals surface area contributed by atoms with E-state index in [1.54, 1.807) is 37.6 Å². The van der Waals surface area contributed by atoms with Crippen LogP contribution in [0.1, 0.15) is 5.56 Å². The molecule has 0 bridgehead atoms. The fraction of sp³-hybridized carbons (Fsp3) is 0.125. The van der Waals surface area contributed by atoms with E-state index in [2.05, 4.69) is 4.99 Å². The van der Waals surface area contributed by atoms with Crippen LogP contribution in [0.25, 0.3) is 0 Å². The van der Waals surface area contributed by atoms with Crippen molar-refractivity contribution in [2.45, 2.75) is 0 Å². The van der Waals surface area contributed by atoms with Gasteiger partial charge >= 0.3 is 5.97 Å². The van der Waals surface area contributed by atoms with Gasteiger partial charge in [0.1, 0.15) is 11.5 Å². The number of aliphatic carboxylic acids is 1. The van der Waals surface area contributed by atoms with Crippen LogP contribution in [0.15, 0.2) is 53.5 Å². The monoisotopic (exact) mass is 285 g/mol. The summed E-state index contributed by atoms with van der Waals surface area (Å²) in [7, 11) is 1.62. The van der Waals surface area contributed by atoms with Gasteiger partial charge in [-0.05, 0) is 54.1 Å². The minimum Gasteiger partial charge on any atom is -0.497 e. The lowest BCUT2D eigenvalue weighted by Gasteiger charge is -2.02. The molecule has 0 heterocycles. The molecule has 0 saturated heterocycles. The van der Waals surface area contributed by atoms with E-state index in [4.69, 9.17) is 14.6 Å². The van der Waals surface area contributed by atoms with Crippen LogP contribution in [0.2, 0.25) is 0 Å². The van der Waals surface area contributed by atoms with Crippen molar-refractivity contribution < 1.29 is 19.4 Å². The third-order valence-corrected chi connectivity index (χ3v) is 2.68. The molecule has 5 heteroatoms. The van der Waals surface area contributed by atoms with Crippen molar-refractivity contribution in [3.8, 4) is 11.5 Å². The third kappa shape index (κ3) is 4.65. The first kappa shape index (κ1) is 14.6. The minimum absolute atomic E-state index is 0.353. The number of benzene rings is 2. The molecular formula is C16H15NO4. The van der Waals surface area contributed by atoms with E-state index in [9.17, 15) is 4.79 Å². The molecule has 0 aliphatic carbocycles. The summed E-state index contributed by atoms with van der Waals surface area (Å²) in [6, 6.07) is 14.4. The molecule has 0 fully saturated rings. The average molecular weight is 285 g/mol. The Labute approximate surface area is 122 Å². The minimum atomic E-state index is -1.00. The Morgan fingerprint density at radius 3 is 2.29 bits per heavy atom. The maximum atomic E-state index is 10.4. The largest absolute Gasteiger partial charge is 0.497 e. The second kappa shape index (κ2) is 7.09. The Hall–Kier alpha value is -2.82. The van der Waals surface area contributed by atoms with E-state index in [1.807, 2.05) is 24.3 Å². The number of hydrogen-bond donors (Lipinski definition) is 1. The molecule has 0 unspecified atom stereocenters. The van der Waals surface area contributed by atoms with Crippen molar-refractivity contribution in [2.24, 2.45) is 4.99 Å². The summed E-state index contributed by atoms with van der Waals surface area (Å²) in [5, 5.41) is 8.52. The van der Waals surface area contributed by atoms with Crippen LogP contribution >= 0.6 is 0 Å². The SMILES string of the molecule is COc1ccc(C=Nc2ccc(OCC(=O)O)cc2)cc1. The summed E-state index contributed by atoms with van der Waals surface area (Å²) in [5.74, 6) is 0.296. The van der Waals surface area contributed by atoms with Gasteiger partial charge in [-0.2, -0.15) is 0 Å². The predicted octanol–water partition coefficient (Wildman–Crippen LogP) is 2.91. The van der Waals surface area contributed by atoms with Crippen molar-refractivity contribution >= 4 is 17.9 Å². The van der Waals surface area contributed by atoms with E-state index in [0.717, 1.165) is 17.0 Å². The van der Waals surface area contributed by atoms with Crippen LogP contribution in [-0.4, -0.2) is 31.0 Å². The lowest BCUT2D eigenvalue weighted by atomic mass is 10.2. The van der Waals surface area contributed by atoms with E-state index in [-0.39, 0.29) is 6.61 Å². The highest BCUT2D eigenvalue weighted by Crippen LogP contribution is 2.18. The van der Waals surface area contributed by atoms with Crippen LogP contribution < -0.4 is 9.47 Å². The van der Waals surface area contributed by atoms with Crippen molar-refractivity contribution in [1.82, 2.24) is 0 Å². The summed E-state index contributed by atoms with van der Waals surface area (Å²) in [4.78, 5) is 14.7. The highest BCUT2D eigenvalue weighted by atomic mass is 16.5. The zero-order chi connectivity index (χ0) is 15.1. The third-order valence-electron chi connectivity index (χ3n) is 2.68. The van der Waals surface area contributed by atoms with Gasteiger partial charge < -0.3 is 14.6 Å². The van der Waals surface area contributed by atoms with Crippen molar-refractivity contribution in [2.75, 3.05) is 13.7 Å². The summed E-state index contributed by atoms with van der Waals surface area (Å²) >= 11 is 0. The lowest BCUT2D eigenvalue weighted by Crippen LogP contribution is -2.09. The summed E-state index contributed by atoms with van der Waals surface area (Å²) in [6.45, 7) is -0.353. The lowest BCUT2D eigenvalue weighted by molar-refractivity contribution is -0.139. The van der Waals surface area contributed by atoms with Crippen molar-refractivity contribution in [3.63, 3.8) is 0 Å². The van der Waals surface area contributed by atoms with Gasteiger partial charge in [0.15, 0.2) is 6.61 Å². The second-order valence-corrected chi connectivity index (χ2v) is 4.21. The standard InChI is InChI=1S/C16H15NO4/c1-20-14-6-2-12(3-7-14)10-17-13-4-8-15(9-5-13)21-11-16(18)19/h2-10H,11H2,1H3,(H,18,19). The van der Waals surface area contributed by atoms with E-state index in [0.29, 0.717) is 5.75 Å². The number of methoxy groups -OCH3 is 1. The fourth-order valence-electron chi connectivity index (χ4n) is 1.61. The molecule has 21 heavy (non-hydrogen) atoms. The van der Waals surface area contributed by atoms with Crippen molar-refractivity contribution in [1.29, 1.82) is 0 Å². The zero-order valence-electron chi connectivity index (χ0n) is 11.5. The quantitative estimate of drug-likeness (QED) is 0.829. The molecule has 2 aromatic carbocycles. The van der Waals surface area contributed by atoms with E-state index in [1.165, 1.54) is 0 Å². The van der Waals surface area contributed by atoms with Crippen LogP contribution in [0, 0.1) is 0 Å².